The first-order chi connectivity index (χ1) is 11.7. The molecule has 2 N–H and O–H groups in total. The van der Waals surface area contributed by atoms with Crippen molar-refractivity contribution in [2.75, 3.05) is 19.7 Å². The summed E-state index contributed by atoms with van der Waals surface area (Å²) in [5.41, 5.74) is 2.77. The molecule has 6 nitrogen and oxygen atoms in total. The number of ketones is 1. The number of aromatic nitrogens is 2. The van der Waals surface area contributed by atoms with Crippen LogP contribution >= 0.6 is 0 Å². The van der Waals surface area contributed by atoms with E-state index < -0.39 is 0 Å². The Labute approximate surface area is 138 Å². The zero-order valence-corrected chi connectivity index (χ0v) is 13.0. The largest absolute Gasteiger partial charge is 0.492 e. The summed E-state index contributed by atoms with van der Waals surface area (Å²) in [6.07, 6.45) is 0. The molecule has 0 fully saturated rings. The number of nitrogens with zero attached hydrogens (tertiary/aromatic N) is 1. The van der Waals surface area contributed by atoms with E-state index in [0.717, 1.165) is 11.3 Å². The van der Waals surface area contributed by atoms with E-state index in [0.29, 0.717) is 42.8 Å². The van der Waals surface area contributed by atoms with Crippen LogP contribution in [0.5, 0.6) is 5.75 Å². The first-order valence-electron chi connectivity index (χ1n) is 7.87. The first-order valence-corrected chi connectivity index (χ1v) is 7.87. The molecule has 0 saturated heterocycles. The van der Waals surface area contributed by atoms with Gasteiger partial charge in [0.1, 0.15) is 12.4 Å². The zero-order valence-electron chi connectivity index (χ0n) is 13.0. The zero-order chi connectivity index (χ0) is 16.5. The topological polar surface area (TPSA) is 78.2 Å². The predicted octanol–water partition coefficient (Wildman–Crippen LogP) is 1.93. The molecule has 0 aliphatic carbocycles. The van der Waals surface area contributed by atoms with Crippen molar-refractivity contribution in [1.29, 1.82) is 0 Å². The minimum absolute atomic E-state index is 0.0262. The molecule has 1 aromatic heterocycles. The molecule has 4 rings (SSSR count). The van der Waals surface area contributed by atoms with Gasteiger partial charge in [-0.1, -0.05) is 18.2 Å². The Kier molecular flexibility index (Phi) is 3.66. The van der Waals surface area contributed by atoms with Crippen molar-refractivity contribution >= 4 is 16.8 Å². The maximum Gasteiger partial charge on any atom is 0.323 e. The van der Waals surface area contributed by atoms with Gasteiger partial charge in [-0.15, -0.1) is 0 Å². The summed E-state index contributed by atoms with van der Waals surface area (Å²) in [6.45, 7) is 2.26. The number of carbonyl (C=O) groups is 1. The molecule has 0 radical (unpaired) electrons. The van der Waals surface area contributed by atoms with E-state index in [9.17, 15) is 9.59 Å². The Morgan fingerprint density at radius 1 is 1.12 bits per heavy atom. The van der Waals surface area contributed by atoms with Crippen molar-refractivity contribution in [1.82, 2.24) is 14.9 Å². The van der Waals surface area contributed by atoms with Gasteiger partial charge in [0.05, 0.1) is 17.6 Å². The van der Waals surface area contributed by atoms with Crippen LogP contribution in [0.15, 0.2) is 47.3 Å². The summed E-state index contributed by atoms with van der Waals surface area (Å²) in [7, 11) is 0. The Balaban J connectivity index is 1.53. The van der Waals surface area contributed by atoms with Gasteiger partial charge in [0, 0.05) is 24.2 Å². The monoisotopic (exact) mass is 323 g/mol. The molecule has 0 bridgehead atoms. The van der Waals surface area contributed by atoms with Crippen LogP contribution in [0.25, 0.3) is 11.0 Å². The molecular formula is C18H17N3O3. The predicted molar refractivity (Wildman–Crippen MR) is 90.5 cm³/mol. The van der Waals surface area contributed by atoms with Crippen LogP contribution in [-0.4, -0.2) is 40.3 Å². The van der Waals surface area contributed by atoms with E-state index in [2.05, 4.69) is 14.9 Å². The Morgan fingerprint density at radius 2 is 1.96 bits per heavy atom. The number of hydrogen-bond acceptors (Lipinski definition) is 4. The highest BCUT2D eigenvalue weighted by atomic mass is 16.5. The lowest BCUT2D eigenvalue weighted by atomic mass is 10.1. The van der Waals surface area contributed by atoms with Gasteiger partial charge >= 0.3 is 5.69 Å². The van der Waals surface area contributed by atoms with Crippen LogP contribution < -0.4 is 10.4 Å². The normalized spacial score (nSPS) is 14.8. The Hall–Kier alpha value is -2.86. The molecule has 24 heavy (non-hydrogen) atoms. The molecule has 6 heteroatoms. The van der Waals surface area contributed by atoms with Crippen molar-refractivity contribution in [3.05, 3.63) is 64.1 Å². The number of carbonyl (C=O) groups excluding carboxylic acids is 1. The van der Waals surface area contributed by atoms with Gasteiger partial charge in [0.25, 0.3) is 0 Å². The summed E-state index contributed by atoms with van der Waals surface area (Å²) in [5, 5.41) is 0. The lowest BCUT2D eigenvalue weighted by molar-refractivity contribution is 0.0921. The van der Waals surface area contributed by atoms with Crippen LogP contribution in [0.4, 0.5) is 0 Å². The highest BCUT2D eigenvalue weighted by Crippen LogP contribution is 2.22. The van der Waals surface area contributed by atoms with Crippen molar-refractivity contribution in [3.63, 3.8) is 0 Å². The number of aromatic amines is 2. The first kappa shape index (κ1) is 14.7. The molecule has 0 unspecified atom stereocenters. The molecule has 3 aromatic rings. The van der Waals surface area contributed by atoms with Crippen molar-refractivity contribution in [2.24, 2.45) is 0 Å². The number of fused-ring (bicyclic) bond motifs is 2. The fourth-order valence-electron chi connectivity index (χ4n) is 3.02. The number of benzene rings is 2. The van der Waals surface area contributed by atoms with Crippen LogP contribution in [0, 0.1) is 0 Å². The minimum atomic E-state index is -0.268. The number of hydrogen-bond donors (Lipinski definition) is 2. The molecular weight excluding hydrogens is 306 g/mol. The maximum absolute atomic E-state index is 12.6. The maximum atomic E-state index is 12.6. The van der Waals surface area contributed by atoms with Gasteiger partial charge in [-0.25, -0.2) is 4.79 Å². The molecule has 0 amide bonds. The van der Waals surface area contributed by atoms with E-state index in [1.54, 1.807) is 18.2 Å². The number of rotatable bonds is 3. The molecule has 1 aliphatic heterocycles. The third-order valence-corrected chi connectivity index (χ3v) is 4.24. The lowest BCUT2D eigenvalue weighted by Gasteiger charge is -2.18. The second-order valence-electron chi connectivity index (χ2n) is 5.93. The van der Waals surface area contributed by atoms with E-state index in [1.807, 2.05) is 24.3 Å². The van der Waals surface area contributed by atoms with Gasteiger partial charge in [-0.3, -0.25) is 9.69 Å². The van der Waals surface area contributed by atoms with Crippen LogP contribution in [-0.2, 0) is 6.54 Å². The van der Waals surface area contributed by atoms with Crippen LogP contribution in [0.3, 0.4) is 0 Å². The van der Waals surface area contributed by atoms with Crippen LogP contribution in [0.1, 0.15) is 15.9 Å². The van der Waals surface area contributed by atoms with E-state index in [4.69, 9.17) is 4.74 Å². The SMILES string of the molecule is O=C(CN1CCOc2ccccc2C1)c1ccc2[nH]c(=O)[nH]c2c1. The van der Waals surface area contributed by atoms with Crippen molar-refractivity contribution < 1.29 is 9.53 Å². The fraction of sp³-hybridized carbons (Fsp3) is 0.222. The standard InChI is InChI=1S/C18H17N3O3/c22-16(12-5-6-14-15(9-12)20-18(23)19-14)11-21-7-8-24-17-4-2-1-3-13(17)10-21/h1-6,9H,7-8,10-11H2,(H2,19,20,23). The van der Waals surface area contributed by atoms with E-state index in [1.165, 1.54) is 0 Å². The third-order valence-electron chi connectivity index (χ3n) is 4.24. The summed E-state index contributed by atoms with van der Waals surface area (Å²) in [4.78, 5) is 31.4. The smallest absolute Gasteiger partial charge is 0.323 e. The highest BCUT2D eigenvalue weighted by molar-refractivity contribution is 6.00. The summed E-state index contributed by atoms with van der Waals surface area (Å²) >= 11 is 0. The number of H-pyrrole nitrogens is 2. The second-order valence-corrected chi connectivity index (χ2v) is 5.93. The number of imidazole rings is 1. The average molecular weight is 323 g/mol. The van der Waals surface area contributed by atoms with Gasteiger partial charge in [0.15, 0.2) is 5.78 Å². The lowest BCUT2D eigenvalue weighted by Crippen LogP contribution is -2.31. The molecule has 122 valence electrons. The quantitative estimate of drug-likeness (QED) is 0.722. The molecule has 1 aliphatic rings. The second kappa shape index (κ2) is 5.98. The van der Waals surface area contributed by atoms with Crippen molar-refractivity contribution in [3.8, 4) is 5.75 Å². The molecule has 0 atom stereocenters. The highest BCUT2D eigenvalue weighted by Gasteiger charge is 2.18. The number of nitrogens with one attached hydrogen (secondary N) is 2. The number of para-hydroxylation sites is 1. The molecule has 2 aromatic carbocycles. The fourth-order valence-corrected chi connectivity index (χ4v) is 3.02. The molecule has 2 heterocycles. The summed E-state index contributed by atoms with van der Waals surface area (Å²) < 4.78 is 5.73. The van der Waals surface area contributed by atoms with Crippen molar-refractivity contribution in [2.45, 2.75) is 6.54 Å². The third kappa shape index (κ3) is 2.83. The number of Topliss-reactive ketones (excluding diaryl/α,β-unsaturated/α-hetero) is 1. The average Bonchev–Trinajstić information content (AvgIpc) is 2.82. The van der Waals surface area contributed by atoms with E-state index >= 15 is 0 Å². The summed E-state index contributed by atoms with van der Waals surface area (Å²) in [5.74, 6) is 0.914. The molecule has 0 spiro atoms. The van der Waals surface area contributed by atoms with Gasteiger partial charge < -0.3 is 14.7 Å². The van der Waals surface area contributed by atoms with Gasteiger partial charge in [0.2, 0.25) is 0 Å². The van der Waals surface area contributed by atoms with E-state index in [-0.39, 0.29) is 11.5 Å². The number of ether oxygens (including phenoxy) is 1. The van der Waals surface area contributed by atoms with Gasteiger partial charge in [-0.2, -0.15) is 0 Å². The molecule has 0 saturated carbocycles. The Bertz CT molecular complexity index is 957. The Morgan fingerprint density at radius 3 is 2.88 bits per heavy atom. The minimum Gasteiger partial charge on any atom is -0.492 e. The summed E-state index contributed by atoms with van der Waals surface area (Å²) in [6, 6.07) is 13.1. The van der Waals surface area contributed by atoms with Gasteiger partial charge in [-0.05, 0) is 24.3 Å². The van der Waals surface area contributed by atoms with Crippen LogP contribution in [0.2, 0.25) is 0 Å².